The largest absolute Gasteiger partial charge is 0.494 e. The van der Waals surface area contributed by atoms with Crippen LogP contribution in [-0.2, 0) is 16.0 Å². The molecule has 1 amide bonds. The average Bonchev–Trinajstić information content (AvgIpc) is 2.51. The standard InChI is InChI=1S/C17H25NO4/c1-4-12-22-14-9-6-13(7-10-14)8-11-15(19)18-17(3,5-2)16(20)21/h6-7,9-10H,4-5,8,11-12H2,1-3H3,(H,18,19)(H,20,21). The van der Waals surface area contributed by atoms with Crippen molar-refractivity contribution in [2.24, 2.45) is 0 Å². The first-order valence-electron chi connectivity index (χ1n) is 7.67. The van der Waals surface area contributed by atoms with E-state index in [0.29, 0.717) is 19.4 Å². The topological polar surface area (TPSA) is 75.6 Å². The van der Waals surface area contributed by atoms with Crippen LogP contribution < -0.4 is 10.1 Å². The lowest BCUT2D eigenvalue weighted by Crippen LogP contribution is -2.51. The molecule has 22 heavy (non-hydrogen) atoms. The second kappa shape index (κ2) is 8.41. The second-order valence-corrected chi connectivity index (χ2v) is 5.53. The first-order valence-corrected chi connectivity index (χ1v) is 7.67. The molecule has 0 fully saturated rings. The third-order valence-corrected chi connectivity index (χ3v) is 3.63. The van der Waals surface area contributed by atoms with E-state index in [0.717, 1.165) is 17.7 Å². The number of hydrogen-bond acceptors (Lipinski definition) is 3. The second-order valence-electron chi connectivity index (χ2n) is 5.53. The van der Waals surface area contributed by atoms with Crippen molar-refractivity contribution in [1.29, 1.82) is 0 Å². The van der Waals surface area contributed by atoms with E-state index in [2.05, 4.69) is 5.32 Å². The van der Waals surface area contributed by atoms with Gasteiger partial charge in [-0.25, -0.2) is 4.79 Å². The molecule has 1 aromatic rings. The Morgan fingerprint density at radius 3 is 2.36 bits per heavy atom. The van der Waals surface area contributed by atoms with E-state index in [1.54, 1.807) is 6.92 Å². The zero-order valence-electron chi connectivity index (χ0n) is 13.5. The number of carbonyl (C=O) groups excluding carboxylic acids is 1. The molecule has 0 spiro atoms. The van der Waals surface area contributed by atoms with Crippen molar-refractivity contribution in [3.63, 3.8) is 0 Å². The van der Waals surface area contributed by atoms with E-state index in [4.69, 9.17) is 9.84 Å². The normalized spacial score (nSPS) is 13.2. The number of carboxylic acid groups (broad SMARTS) is 1. The molecule has 0 aliphatic heterocycles. The van der Waals surface area contributed by atoms with Gasteiger partial charge >= 0.3 is 5.97 Å². The van der Waals surface area contributed by atoms with Crippen molar-refractivity contribution < 1.29 is 19.4 Å². The molecule has 2 N–H and O–H groups in total. The number of benzene rings is 1. The molecule has 0 saturated carbocycles. The monoisotopic (exact) mass is 307 g/mol. The van der Waals surface area contributed by atoms with Gasteiger partial charge in [0.25, 0.3) is 0 Å². The highest BCUT2D eigenvalue weighted by Gasteiger charge is 2.32. The van der Waals surface area contributed by atoms with Gasteiger partial charge in [-0.05, 0) is 43.9 Å². The molecule has 0 bridgehead atoms. The molecule has 122 valence electrons. The molecule has 1 rings (SSSR count). The van der Waals surface area contributed by atoms with Crippen LogP contribution in [0.3, 0.4) is 0 Å². The van der Waals surface area contributed by atoms with Gasteiger partial charge in [0.2, 0.25) is 5.91 Å². The fourth-order valence-corrected chi connectivity index (χ4v) is 1.89. The molecule has 5 heteroatoms. The molecule has 0 heterocycles. The maximum Gasteiger partial charge on any atom is 0.329 e. The summed E-state index contributed by atoms with van der Waals surface area (Å²) in [5.41, 5.74) is -0.179. The number of ether oxygens (including phenoxy) is 1. The van der Waals surface area contributed by atoms with Crippen molar-refractivity contribution >= 4 is 11.9 Å². The molecule has 0 aromatic heterocycles. The van der Waals surface area contributed by atoms with Crippen molar-refractivity contribution in [3.8, 4) is 5.75 Å². The van der Waals surface area contributed by atoms with E-state index < -0.39 is 11.5 Å². The fourth-order valence-electron chi connectivity index (χ4n) is 1.89. The summed E-state index contributed by atoms with van der Waals surface area (Å²) in [4.78, 5) is 23.1. The van der Waals surface area contributed by atoms with Gasteiger partial charge in [-0.2, -0.15) is 0 Å². The van der Waals surface area contributed by atoms with Crippen molar-refractivity contribution in [2.45, 2.75) is 52.0 Å². The van der Waals surface area contributed by atoms with Gasteiger partial charge in [0.1, 0.15) is 11.3 Å². The maximum atomic E-state index is 11.9. The number of rotatable bonds is 9. The third-order valence-electron chi connectivity index (χ3n) is 3.63. The quantitative estimate of drug-likeness (QED) is 0.735. The van der Waals surface area contributed by atoms with Crippen LogP contribution >= 0.6 is 0 Å². The Hall–Kier alpha value is -2.04. The first-order chi connectivity index (χ1) is 10.4. The van der Waals surface area contributed by atoms with Gasteiger partial charge in [0.15, 0.2) is 0 Å². The third kappa shape index (κ3) is 5.39. The molecule has 0 saturated heterocycles. The van der Waals surface area contributed by atoms with E-state index in [9.17, 15) is 9.59 Å². The van der Waals surface area contributed by atoms with E-state index in [1.807, 2.05) is 31.2 Å². The Morgan fingerprint density at radius 1 is 1.23 bits per heavy atom. The minimum atomic E-state index is -1.20. The number of carbonyl (C=O) groups is 2. The molecule has 0 aliphatic carbocycles. The van der Waals surface area contributed by atoms with Crippen LogP contribution in [0.1, 0.15) is 45.6 Å². The number of amides is 1. The number of aliphatic carboxylic acids is 1. The summed E-state index contributed by atoms with van der Waals surface area (Å²) < 4.78 is 5.50. The SMILES string of the molecule is CCCOc1ccc(CCC(=O)NC(C)(CC)C(=O)O)cc1. The summed E-state index contributed by atoms with van der Waals surface area (Å²) in [5, 5.41) is 11.7. The highest BCUT2D eigenvalue weighted by molar-refractivity contribution is 5.86. The number of nitrogens with one attached hydrogen (secondary N) is 1. The predicted molar refractivity (Wildman–Crippen MR) is 85.0 cm³/mol. The van der Waals surface area contributed by atoms with Crippen LogP contribution in [0.4, 0.5) is 0 Å². The van der Waals surface area contributed by atoms with Crippen LogP contribution in [0, 0.1) is 0 Å². The van der Waals surface area contributed by atoms with Gasteiger partial charge in [-0.3, -0.25) is 4.79 Å². The highest BCUT2D eigenvalue weighted by Crippen LogP contribution is 2.14. The zero-order chi connectivity index (χ0) is 16.6. The molecule has 1 atom stereocenters. The van der Waals surface area contributed by atoms with Crippen molar-refractivity contribution in [1.82, 2.24) is 5.32 Å². The number of aryl methyl sites for hydroxylation is 1. The van der Waals surface area contributed by atoms with Crippen LogP contribution in [0.2, 0.25) is 0 Å². The molecule has 0 aliphatic rings. The van der Waals surface area contributed by atoms with Gasteiger partial charge in [0.05, 0.1) is 6.61 Å². The summed E-state index contributed by atoms with van der Waals surface area (Å²) in [6, 6.07) is 7.62. The molecular weight excluding hydrogens is 282 g/mol. The molecule has 1 aromatic carbocycles. The minimum absolute atomic E-state index is 0.252. The first kappa shape index (κ1) is 18.0. The van der Waals surface area contributed by atoms with E-state index in [1.165, 1.54) is 6.92 Å². The van der Waals surface area contributed by atoms with Crippen LogP contribution in [-0.4, -0.2) is 29.1 Å². The van der Waals surface area contributed by atoms with Gasteiger partial charge < -0.3 is 15.2 Å². The van der Waals surface area contributed by atoms with Gasteiger partial charge in [0, 0.05) is 6.42 Å². The Morgan fingerprint density at radius 2 is 1.86 bits per heavy atom. The summed E-state index contributed by atoms with van der Waals surface area (Å²) in [6.45, 7) is 6.00. The Kier molecular flexibility index (Phi) is 6.89. The summed E-state index contributed by atoms with van der Waals surface area (Å²) in [6.07, 6.45) is 2.14. The Balaban J connectivity index is 2.48. The smallest absolute Gasteiger partial charge is 0.329 e. The predicted octanol–water partition coefficient (Wildman–Crippen LogP) is 2.78. The maximum absolute atomic E-state index is 11.9. The van der Waals surface area contributed by atoms with Crippen molar-refractivity contribution in [3.05, 3.63) is 29.8 Å². The lowest BCUT2D eigenvalue weighted by molar-refractivity contribution is -0.147. The Bertz CT molecular complexity index is 498. The fraction of sp³-hybridized carbons (Fsp3) is 0.529. The van der Waals surface area contributed by atoms with Gasteiger partial charge in [-0.1, -0.05) is 26.0 Å². The Labute approximate surface area is 131 Å². The highest BCUT2D eigenvalue weighted by atomic mass is 16.5. The number of hydrogen-bond donors (Lipinski definition) is 2. The lowest BCUT2D eigenvalue weighted by atomic mass is 9.98. The summed E-state index contributed by atoms with van der Waals surface area (Å²) in [7, 11) is 0. The van der Waals surface area contributed by atoms with Crippen LogP contribution in [0.5, 0.6) is 5.75 Å². The lowest BCUT2D eigenvalue weighted by Gasteiger charge is -2.24. The molecule has 1 unspecified atom stereocenters. The molecule has 5 nitrogen and oxygen atoms in total. The zero-order valence-corrected chi connectivity index (χ0v) is 13.5. The van der Waals surface area contributed by atoms with Crippen LogP contribution in [0.25, 0.3) is 0 Å². The molecule has 0 radical (unpaired) electrons. The average molecular weight is 307 g/mol. The number of carboxylic acids is 1. The van der Waals surface area contributed by atoms with E-state index >= 15 is 0 Å². The van der Waals surface area contributed by atoms with E-state index in [-0.39, 0.29) is 12.3 Å². The summed E-state index contributed by atoms with van der Waals surface area (Å²) >= 11 is 0. The summed E-state index contributed by atoms with van der Waals surface area (Å²) in [5.74, 6) is -0.446. The minimum Gasteiger partial charge on any atom is -0.494 e. The molecular formula is C17H25NO4. The van der Waals surface area contributed by atoms with Gasteiger partial charge in [-0.15, -0.1) is 0 Å². The van der Waals surface area contributed by atoms with Crippen LogP contribution in [0.15, 0.2) is 24.3 Å². The van der Waals surface area contributed by atoms with Crippen molar-refractivity contribution in [2.75, 3.05) is 6.61 Å².